The van der Waals surface area contributed by atoms with Gasteiger partial charge in [0.25, 0.3) is 0 Å². The van der Waals surface area contributed by atoms with Crippen LogP contribution in [0.2, 0.25) is 0 Å². The lowest BCUT2D eigenvalue weighted by Crippen LogP contribution is -2.57. The Bertz CT molecular complexity index is 218. The molecule has 3 heteroatoms. The van der Waals surface area contributed by atoms with Gasteiger partial charge in [-0.15, -0.1) is 0 Å². The van der Waals surface area contributed by atoms with Crippen LogP contribution in [0.1, 0.15) is 27.7 Å². The minimum absolute atomic E-state index is 0.0572. The first kappa shape index (κ1) is 12.7. The van der Waals surface area contributed by atoms with E-state index in [0.29, 0.717) is 6.54 Å². The summed E-state index contributed by atoms with van der Waals surface area (Å²) < 4.78 is 6.01. The fourth-order valence-corrected chi connectivity index (χ4v) is 2.39. The number of ether oxygens (including phenoxy) is 1. The van der Waals surface area contributed by atoms with Crippen molar-refractivity contribution in [3.8, 4) is 0 Å². The molecule has 0 aromatic heterocycles. The van der Waals surface area contributed by atoms with Gasteiger partial charge in [0.05, 0.1) is 11.2 Å². The van der Waals surface area contributed by atoms with Crippen LogP contribution in [0.15, 0.2) is 12.2 Å². The Morgan fingerprint density at radius 1 is 1.13 bits per heavy atom. The van der Waals surface area contributed by atoms with Crippen LogP contribution >= 0.6 is 0 Å². The van der Waals surface area contributed by atoms with E-state index in [9.17, 15) is 0 Å². The molecule has 1 saturated heterocycles. The molecule has 0 aromatic carbocycles. The highest BCUT2D eigenvalue weighted by Crippen LogP contribution is 2.27. The van der Waals surface area contributed by atoms with Gasteiger partial charge in [0.15, 0.2) is 0 Å². The van der Waals surface area contributed by atoms with Crippen molar-refractivity contribution in [1.29, 1.82) is 0 Å². The molecule has 1 fully saturated rings. The lowest BCUT2D eigenvalue weighted by molar-refractivity contribution is -0.178. The molecule has 1 heterocycles. The normalized spacial score (nSPS) is 25.9. The highest BCUT2D eigenvalue weighted by atomic mass is 16.5. The SMILES string of the molecule is CC1(C)CN(C/C=C/CN)CC(C)(C)O1. The van der Waals surface area contributed by atoms with Crippen LogP contribution in [0, 0.1) is 0 Å². The van der Waals surface area contributed by atoms with Gasteiger partial charge in [-0.3, -0.25) is 4.90 Å². The standard InChI is InChI=1S/C12H24N2O/c1-11(2)9-14(8-6-5-7-13)10-12(3,4)15-11/h5-6H,7-10,13H2,1-4H3/b6-5+. The van der Waals surface area contributed by atoms with E-state index in [1.807, 2.05) is 6.08 Å². The summed E-state index contributed by atoms with van der Waals surface area (Å²) in [6, 6.07) is 0. The summed E-state index contributed by atoms with van der Waals surface area (Å²) >= 11 is 0. The van der Waals surface area contributed by atoms with Crippen LogP contribution < -0.4 is 5.73 Å². The molecular weight excluding hydrogens is 188 g/mol. The van der Waals surface area contributed by atoms with E-state index in [2.05, 4.69) is 38.7 Å². The van der Waals surface area contributed by atoms with E-state index in [4.69, 9.17) is 10.5 Å². The number of hydrogen-bond donors (Lipinski definition) is 1. The van der Waals surface area contributed by atoms with Crippen molar-refractivity contribution in [2.45, 2.75) is 38.9 Å². The topological polar surface area (TPSA) is 38.5 Å². The summed E-state index contributed by atoms with van der Waals surface area (Å²) in [4.78, 5) is 2.41. The Labute approximate surface area is 93.3 Å². The van der Waals surface area contributed by atoms with Gasteiger partial charge in [0.1, 0.15) is 0 Å². The Balaban J connectivity index is 2.55. The number of morpholine rings is 1. The molecule has 0 aromatic rings. The third-order valence-corrected chi connectivity index (χ3v) is 2.43. The largest absolute Gasteiger partial charge is 0.367 e. The smallest absolute Gasteiger partial charge is 0.0760 e. The summed E-state index contributed by atoms with van der Waals surface area (Å²) in [5.74, 6) is 0. The fourth-order valence-electron chi connectivity index (χ4n) is 2.39. The molecule has 2 N–H and O–H groups in total. The van der Waals surface area contributed by atoms with E-state index in [1.165, 1.54) is 0 Å². The predicted molar refractivity (Wildman–Crippen MR) is 63.9 cm³/mol. The summed E-state index contributed by atoms with van der Waals surface area (Å²) in [6.07, 6.45) is 4.15. The lowest BCUT2D eigenvalue weighted by atomic mass is 9.99. The summed E-state index contributed by atoms with van der Waals surface area (Å²) in [6.45, 7) is 12.1. The van der Waals surface area contributed by atoms with Crippen molar-refractivity contribution in [3.05, 3.63) is 12.2 Å². The van der Waals surface area contributed by atoms with Crippen LogP contribution in [-0.4, -0.2) is 42.3 Å². The second kappa shape index (κ2) is 4.64. The van der Waals surface area contributed by atoms with Crippen molar-refractivity contribution < 1.29 is 4.74 Å². The van der Waals surface area contributed by atoms with Gasteiger partial charge in [0, 0.05) is 26.2 Å². The molecule has 0 bridgehead atoms. The van der Waals surface area contributed by atoms with Crippen LogP contribution in [0.4, 0.5) is 0 Å². The highest BCUT2D eigenvalue weighted by molar-refractivity contribution is 4.93. The second-order valence-corrected chi connectivity index (χ2v) is 5.50. The zero-order valence-corrected chi connectivity index (χ0v) is 10.4. The Morgan fingerprint density at radius 2 is 1.67 bits per heavy atom. The predicted octanol–water partition coefficient (Wildman–Crippen LogP) is 1.39. The van der Waals surface area contributed by atoms with Crippen LogP contribution in [-0.2, 0) is 4.74 Å². The van der Waals surface area contributed by atoms with Gasteiger partial charge >= 0.3 is 0 Å². The molecule has 15 heavy (non-hydrogen) atoms. The zero-order valence-electron chi connectivity index (χ0n) is 10.4. The number of rotatable bonds is 3. The number of nitrogens with two attached hydrogens (primary N) is 1. The molecule has 0 atom stereocenters. The summed E-state index contributed by atoms with van der Waals surface area (Å²) in [5, 5.41) is 0. The van der Waals surface area contributed by atoms with Gasteiger partial charge < -0.3 is 10.5 Å². The maximum atomic E-state index is 6.01. The first-order chi connectivity index (χ1) is 6.85. The van der Waals surface area contributed by atoms with Gasteiger partial charge in [0.2, 0.25) is 0 Å². The van der Waals surface area contributed by atoms with Crippen LogP contribution in [0.5, 0.6) is 0 Å². The fraction of sp³-hybridized carbons (Fsp3) is 0.833. The molecule has 3 nitrogen and oxygen atoms in total. The molecule has 0 unspecified atom stereocenters. The van der Waals surface area contributed by atoms with Crippen molar-refractivity contribution >= 4 is 0 Å². The van der Waals surface area contributed by atoms with E-state index in [1.54, 1.807) is 0 Å². The van der Waals surface area contributed by atoms with Gasteiger partial charge in [-0.2, -0.15) is 0 Å². The minimum atomic E-state index is -0.0572. The second-order valence-electron chi connectivity index (χ2n) is 5.50. The van der Waals surface area contributed by atoms with E-state index in [0.717, 1.165) is 19.6 Å². The maximum absolute atomic E-state index is 6.01. The number of nitrogens with zero attached hydrogens (tertiary/aromatic N) is 1. The van der Waals surface area contributed by atoms with E-state index in [-0.39, 0.29) is 11.2 Å². The third kappa shape index (κ3) is 4.33. The van der Waals surface area contributed by atoms with Crippen molar-refractivity contribution in [2.24, 2.45) is 5.73 Å². The lowest BCUT2D eigenvalue weighted by Gasteiger charge is -2.47. The molecule has 1 aliphatic heterocycles. The first-order valence-corrected chi connectivity index (χ1v) is 5.62. The Morgan fingerprint density at radius 3 is 2.13 bits per heavy atom. The van der Waals surface area contributed by atoms with Crippen molar-refractivity contribution in [2.75, 3.05) is 26.2 Å². The Kier molecular flexibility index (Phi) is 3.93. The minimum Gasteiger partial charge on any atom is -0.367 e. The number of hydrogen-bond acceptors (Lipinski definition) is 3. The van der Waals surface area contributed by atoms with Gasteiger partial charge in [-0.25, -0.2) is 0 Å². The quantitative estimate of drug-likeness (QED) is 0.719. The van der Waals surface area contributed by atoms with Crippen molar-refractivity contribution in [3.63, 3.8) is 0 Å². The first-order valence-electron chi connectivity index (χ1n) is 5.62. The third-order valence-electron chi connectivity index (χ3n) is 2.43. The van der Waals surface area contributed by atoms with E-state index >= 15 is 0 Å². The van der Waals surface area contributed by atoms with Crippen molar-refractivity contribution in [1.82, 2.24) is 4.90 Å². The van der Waals surface area contributed by atoms with Gasteiger partial charge in [-0.1, -0.05) is 12.2 Å². The molecule has 0 spiro atoms. The monoisotopic (exact) mass is 212 g/mol. The average molecular weight is 212 g/mol. The summed E-state index contributed by atoms with van der Waals surface area (Å²) in [7, 11) is 0. The molecule has 0 saturated carbocycles. The average Bonchev–Trinajstić information content (AvgIpc) is 1.98. The molecule has 1 aliphatic rings. The molecule has 0 aliphatic carbocycles. The molecule has 1 rings (SSSR count). The van der Waals surface area contributed by atoms with Gasteiger partial charge in [-0.05, 0) is 27.7 Å². The maximum Gasteiger partial charge on any atom is 0.0760 e. The van der Waals surface area contributed by atoms with E-state index < -0.39 is 0 Å². The Hall–Kier alpha value is -0.380. The van der Waals surface area contributed by atoms with Crippen LogP contribution in [0.25, 0.3) is 0 Å². The zero-order chi connectivity index (χ0) is 11.5. The van der Waals surface area contributed by atoms with Crippen LogP contribution in [0.3, 0.4) is 0 Å². The molecule has 88 valence electrons. The molecular formula is C12H24N2O. The summed E-state index contributed by atoms with van der Waals surface area (Å²) in [5.41, 5.74) is 5.31. The highest BCUT2D eigenvalue weighted by Gasteiger charge is 2.37. The molecule has 0 amide bonds. The molecule has 0 radical (unpaired) electrons.